The first-order chi connectivity index (χ1) is 10.2. The molecule has 1 N–H and O–H groups in total. The van der Waals surface area contributed by atoms with Crippen LogP contribution in [-0.4, -0.2) is 23.2 Å². The summed E-state index contributed by atoms with van der Waals surface area (Å²) in [7, 11) is 0. The van der Waals surface area contributed by atoms with Crippen LogP contribution in [-0.2, 0) is 5.60 Å². The predicted molar refractivity (Wildman–Crippen MR) is 85.2 cm³/mol. The van der Waals surface area contributed by atoms with Crippen LogP contribution in [0, 0.1) is 5.92 Å². The van der Waals surface area contributed by atoms with Gasteiger partial charge in [0.15, 0.2) is 0 Å². The van der Waals surface area contributed by atoms with Gasteiger partial charge in [-0.2, -0.15) is 0 Å². The number of anilines is 1. The molecule has 1 aliphatic rings. The van der Waals surface area contributed by atoms with Gasteiger partial charge in [-0.05, 0) is 43.4 Å². The van der Waals surface area contributed by atoms with E-state index in [1.165, 1.54) is 5.69 Å². The van der Waals surface area contributed by atoms with E-state index in [1.54, 1.807) is 6.20 Å². The lowest BCUT2D eigenvalue weighted by Crippen LogP contribution is -2.42. The van der Waals surface area contributed by atoms with Crippen LogP contribution in [0.1, 0.15) is 25.3 Å². The first kappa shape index (κ1) is 14.1. The van der Waals surface area contributed by atoms with Crippen LogP contribution in [0.15, 0.2) is 54.9 Å². The topological polar surface area (TPSA) is 36.4 Å². The van der Waals surface area contributed by atoms with Crippen molar-refractivity contribution < 1.29 is 5.11 Å². The fourth-order valence-corrected chi connectivity index (χ4v) is 3.25. The zero-order valence-electron chi connectivity index (χ0n) is 12.4. The maximum absolute atomic E-state index is 10.9. The minimum atomic E-state index is -0.748. The molecule has 0 amide bonds. The quantitative estimate of drug-likeness (QED) is 0.939. The van der Waals surface area contributed by atoms with Crippen LogP contribution in [0.5, 0.6) is 0 Å². The van der Waals surface area contributed by atoms with E-state index < -0.39 is 5.60 Å². The van der Waals surface area contributed by atoms with Gasteiger partial charge in [-0.25, -0.2) is 0 Å². The van der Waals surface area contributed by atoms with E-state index in [2.05, 4.69) is 16.0 Å². The number of aliphatic hydroxyl groups is 1. The minimum absolute atomic E-state index is 0.299. The Labute approximate surface area is 126 Å². The zero-order chi connectivity index (χ0) is 14.7. The van der Waals surface area contributed by atoms with Gasteiger partial charge in [-0.3, -0.25) is 4.98 Å². The molecule has 0 bridgehead atoms. The van der Waals surface area contributed by atoms with Crippen LogP contribution < -0.4 is 4.90 Å². The van der Waals surface area contributed by atoms with Gasteiger partial charge in [0, 0.05) is 19.3 Å². The summed E-state index contributed by atoms with van der Waals surface area (Å²) in [5.74, 6) is 0.299. The van der Waals surface area contributed by atoms with Crippen LogP contribution in [0.25, 0.3) is 0 Å². The van der Waals surface area contributed by atoms with Gasteiger partial charge >= 0.3 is 0 Å². The Morgan fingerprint density at radius 2 is 1.81 bits per heavy atom. The summed E-state index contributed by atoms with van der Waals surface area (Å²) in [5, 5.41) is 10.9. The number of hydrogen-bond acceptors (Lipinski definition) is 3. The first-order valence-corrected chi connectivity index (χ1v) is 7.61. The van der Waals surface area contributed by atoms with Crippen molar-refractivity contribution in [3.63, 3.8) is 0 Å². The second-order valence-electron chi connectivity index (χ2n) is 5.99. The molecule has 1 atom stereocenters. The lowest BCUT2D eigenvalue weighted by Gasteiger charge is -2.40. The molecular formula is C18H22N2O. The average Bonchev–Trinajstić information content (AvgIpc) is 2.57. The maximum atomic E-state index is 10.9. The van der Waals surface area contributed by atoms with Crippen LogP contribution in [0.4, 0.5) is 5.69 Å². The smallest absolute Gasteiger partial charge is 0.0897 e. The highest BCUT2D eigenvalue weighted by atomic mass is 16.3. The van der Waals surface area contributed by atoms with Gasteiger partial charge in [-0.15, -0.1) is 0 Å². The third-order valence-electron chi connectivity index (χ3n) is 4.66. The average molecular weight is 282 g/mol. The lowest BCUT2D eigenvalue weighted by atomic mass is 9.77. The van der Waals surface area contributed by atoms with Gasteiger partial charge in [0.1, 0.15) is 0 Å². The summed E-state index contributed by atoms with van der Waals surface area (Å²) in [4.78, 5) is 6.54. The van der Waals surface area contributed by atoms with Crippen molar-refractivity contribution in [3.8, 4) is 0 Å². The van der Waals surface area contributed by atoms with Crippen molar-refractivity contribution in [2.24, 2.45) is 5.92 Å². The normalized spacial score (nSPS) is 19.2. The predicted octanol–water partition coefficient (Wildman–Crippen LogP) is 3.21. The van der Waals surface area contributed by atoms with E-state index in [1.807, 2.05) is 49.5 Å². The highest BCUT2D eigenvalue weighted by molar-refractivity contribution is 5.44. The molecule has 1 aliphatic heterocycles. The SMILES string of the molecule is CC(O)(c1ccccc1)C1CCN(c2cccnc2)CC1. The maximum Gasteiger partial charge on any atom is 0.0897 e. The second kappa shape index (κ2) is 5.86. The molecule has 1 fully saturated rings. The van der Waals surface area contributed by atoms with E-state index in [0.29, 0.717) is 5.92 Å². The Morgan fingerprint density at radius 3 is 2.43 bits per heavy atom. The van der Waals surface area contributed by atoms with Crippen LogP contribution >= 0.6 is 0 Å². The van der Waals surface area contributed by atoms with Gasteiger partial charge in [-0.1, -0.05) is 30.3 Å². The molecule has 0 saturated carbocycles. The van der Waals surface area contributed by atoms with Gasteiger partial charge in [0.25, 0.3) is 0 Å². The van der Waals surface area contributed by atoms with E-state index in [4.69, 9.17) is 0 Å². The fourth-order valence-electron chi connectivity index (χ4n) is 3.25. The highest BCUT2D eigenvalue weighted by Crippen LogP contribution is 2.36. The molecule has 1 unspecified atom stereocenters. The molecule has 110 valence electrons. The van der Waals surface area contributed by atoms with Gasteiger partial charge < -0.3 is 10.0 Å². The van der Waals surface area contributed by atoms with Gasteiger partial charge in [0.2, 0.25) is 0 Å². The number of benzene rings is 1. The molecular weight excluding hydrogens is 260 g/mol. The molecule has 1 aromatic heterocycles. The Kier molecular flexibility index (Phi) is 3.93. The summed E-state index contributed by atoms with van der Waals surface area (Å²) >= 11 is 0. The van der Waals surface area contributed by atoms with E-state index in [9.17, 15) is 5.11 Å². The minimum Gasteiger partial charge on any atom is -0.385 e. The highest BCUT2D eigenvalue weighted by Gasteiger charge is 2.35. The molecule has 0 spiro atoms. The summed E-state index contributed by atoms with van der Waals surface area (Å²) in [6, 6.07) is 14.1. The van der Waals surface area contributed by atoms with Crippen molar-refractivity contribution >= 4 is 5.69 Å². The standard InChI is InChI=1S/C18H22N2O/c1-18(21,15-6-3-2-4-7-15)16-9-12-20(13-10-16)17-8-5-11-19-14-17/h2-8,11,14,16,21H,9-10,12-13H2,1H3. The molecule has 2 heterocycles. The zero-order valence-corrected chi connectivity index (χ0v) is 12.4. The summed E-state index contributed by atoms with van der Waals surface area (Å²) in [6.45, 7) is 3.89. The molecule has 0 radical (unpaired) electrons. The Bertz CT molecular complexity index is 560. The van der Waals surface area contributed by atoms with Gasteiger partial charge in [0.05, 0.1) is 17.5 Å². The van der Waals surface area contributed by atoms with Crippen molar-refractivity contribution in [3.05, 3.63) is 60.4 Å². The third-order valence-corrected chi connectivity index (χ3v) is 4.66. The number of aromatic nitrogens is 1. The van der Waals surface area contributed by atoms with Crippen molar-refractivity contribution in [2.75, 3.05) is 18.0 Å². The number of nitrogens with zero attached hydrogens (tertiary/aromatic N) is 2. The monoisotopic (exact) mass is 282 g/mol. The molecule has 2 aromatic rings. The Hall–Kier alpha value is -1.87. The van der Waals surface area contributed by atoms with Crippen molar-refractivity contribution in [2.45, 2.75) is 25.4 Å². The number of hydrogen-bond donors (Lipinski definition) is 1. The lowest BCUT2D eigenvalue weighted by molar-refractivity contribution is -0.0161. The fraction of sp³-hybridized carbons (Fsp3) is 0.389. The molecule has 1 saturated heterocycles. The van der Waals surface area contributed by atoms with Crippen molar-refractivity contribution in [1.29, 1.82) is 0 Å². The van der Waals surface area contributed by atoms with E-state index in [0.717, 1.165) is 31.5 Å². The van der Waals surface area contributed by atoms with Crippen LogP contribution in [0.2, 0.25) is 0 Å². The largest absolute Gasteiger partial charge is 0.385 e. The van der Waals surface area contributed by atoms with E-state index in [-0.39, 0.29) is 0 Å². The molecule has 3 nitrogen and oxygen atoms in total. The molecule has 21 heavy (non-hydrogen) atoms. The molecule has 3 heteroatoms. The number of rotatable bonds is 3. The Balaban J connectivity index is 1.68. The van der Waals surface area contributed by atoms with E-state index >= 15 is 0 Å². The number of piperidine rings is 1. The molecule has 0 aliphatic carbocycles. The second-order valence-corrected chi connectivity index (χ2v) is 5.99. The van der Waals surface area contributed by atoms with Crippen LogP contribution in [0.3, 0.4) is 0 Å². The molecule has 1 aromatic carbocycles. The summed E-state index contributed by atoms with van der Waals surface area (Å²) in [6.07, 6.45) is 5.71. The number of pyridine rings is 1. The first-order valence-electron chi connectivity index (χ1n) is 7.61. The van der Waals surface area contributed by atoms with Crippen molar-refractivity contribution in [1.82, 2.24) is 4.98 Å². The summed E-state index contributed by atoms with van der Waals surface area (Å²) < 4.78 is 0. The summed E-state index contributed by atoms with van der Waals surface area (Å²) in [5.41, 5.74) is 1.45. The third kappa shape index (κ3) is 2.93. The molecule has 3 rings (SSSR count). The Morgan fingerprint density at radius 1 is 1.10 bits per heavy atom.